The Morgan fingerprint density at radius 2 is 1.92 bits per heavy atom. The standard InChI is InChI=1S/C9H14N2O2/c10-9-8(3-6-13)7(2-5-12)1-4-11-9/h1,4,12-13H,2-3,5-6H2,(H2,10,11). The number of pyridine rings is 1. The summed E-state index contributed by atoms with van der Waals surface area (Å²) in [6.45, 7) is 0.135. The van der Waals surface area contributed by atoms with Gasteiger partial charge in [-0.1, -0.05) is 0 Å². The van der Waals surface area contributed by atoms with Crippen molar-refractivity contribution < 1.29 is 10.2 Å². The molecule has 13 heavy (non-hydrogen) atoms. The Hall–Kier alpha value is -1.13. The number of hydrogen-bond acceptors (Lipinski definition) is 4. The van der Waals surface area contributed by atoms with Crippen LogP contribution in [0.15, 0.2) is 12.3 Å². The Morgan fingerprint density at radius 1 is 1.23 bits per heavy atom. The van der Waals surface area contributed by atoms with Crippen molar-refractivity contribution in [3.8, 4) is 0 Å². The molecule has 0 aliphatic carbocycles. The van der Waals surface area contributed by atoms with Gasteiger partial charge < -0.3 is 15.9 Å². The van der Waals surface area contributed by atoms with Gasteiger partial charge in [-0.25, -0.2) is 4.98 Å². The third-order valence-electron chi connectivity index (χ3n) is 1.93. The number of aliphatic hydroxyl groups excluding tert-OH is 2. The second-order valence-corrected chi connectivity index (χ2v) is 2.78. The molecule has 4 nitrogen and oxygen atoms in total. The molecule has 0 amide bonds. The van der Waals surface area contributed by atoms with Crippen LogP contribution in [-0.4, -0.2) is 28.4 Å². The van der Waals surface area contributed by atoms with Gasteiger partial charge in [-0.2, -0.15) is 0 Å². The SMILES string of the molecule is Nc1nccc(CCO)c1CCO. The lowest BCUT2D eigenvalue weighted by Gasteiger charge is -2.08. The van der Waals surface area contributed by atoms with E-state index in [0.717, 1.165) is 11.1 Å². The average Bonchev–Trinajstić information content (AvgIpc) is 2.11. The normalized spacial score (nSPS) is 10.3. The van der Waals surface area contributed by atoms with Gasteiger partial charge in [0.05, 0.1) is 0 Å². The van der Waals surface area contributed by atoms with E-state index < -0.39 is 0 Å². The van der Waals surface area contributed by atoms with Crippen LogP contribution in [-0.2, 0) is 12.8 Å². The lowest BCUT2D eigenvalue weighted by molar-refractivity contribution is 0.293. The zero-order chi connectivity index (χ0) is 9.68. The van der Waals surface area contributed by atoms with Gasteiger partial charge in [0, 0.05) is 19.4 Å². The fraction of sp³-hybridized carbons (Fsp3) is 0.444. The highest BCUT2D eigenvalue weighted by Gasteiger charge is 2.05. The zero-order valence-corrected chi connectivity index (χ0v) is 7.40. The molecule has 0 radical (unpaired) electrons. The maximum absolute atomic E-state index is 8.79. The molecule has 0 bridgehead atoms. The summed E-state index contributed by atoms with van der Waals surface area (Å²) in [6.07, 6.45) is 2.66. The van der Waals surface area contributed by atoms with Crippen molar-refractivity contribution in [2.24, 2.45) is 0 Å². The summed E-state index contributed by atoms with van der Waals surface area (Å²) in [7, 11) is 0. The summed E-state index contributed by atoms with van der Waals surface area (Å²) < 4.78 is 0. The largest absolute Gasteiger partial charge is 0.396 e. The summed E-state index contributed by atoms with van der Waals surface area (Å²) in [4.78, 5) is 3.93. The second kappa shape index (κ2) is 4.79. The number of hydrogen-bond donors (Lipinski definition) is 3. The van der Waals surface area contributed by atoms with Crippen LogP contribution in [0.25, 0.3) is 0 Å². The van der Waals surface area contributed by atoms with E-state index in [-0.39, 0.29) is 13.2 Å². The molecule has 1 rings (SSSR count). The molecule has 0 aromatic carbocycles. The van der Waals surface area contributed by atoms with Gasteiger partial charge in [-0.3, -0.25) is 0 Å². The summed E-state index contributed by atoms with van der Waals surface area (Å²) in [5.74, 6) is 0.444. The first-order valence-corrected chi connectivity index (χ1v) is 4.23. The molecule has 0 unspecified atom stereocenters. The smallest absolute Gasteiger partial charge is 0.126 e. The number of anilines is 1. The summed E-state index contributed by atoms with van der Waals surface area (Å²) in [6, 6.07) is 1.82. The molecule has 0 atom stereocenters. The third-order valence-corrected chi connectivity index (χ3v) is 1.93. The molecular weight excluding hydrogens is 168 g/mol. The van der Waals surface area contributed by atoms with Crippen LogP contribution in [0.4, 0.5) is 5.82 Å². The van der Waals surface area contributed by atoms with Crippen molar-refractivity contribution in [1.29, 1.82) is 0 Å². The minimum atomic E-state index is 0.0499. The third kappa shape index (κ3) is 2.40. The van der Waals surface area contributed by atoms with Gasteiger partial charge in [0.25, 0.3) is 0 Å². The summed E-state index contributed by atoms with van der Waals surface area (Å²) >= 11 is 0. The molecule has 72 valence electrons. The molecule has 0 spiro atoms. The fourth-order valence-corrected chi connectivity index (χ4v) is 1.31. The molecule has 0 aliphatic rings. The van der Waals surface area contributed by atoms with Gasteiger partial charge in [-0.05, 0) is 30.0 Å². The number of nitrogens with zero attached hydrogens (tertiary/aromatic N) is 1. The highest BCUT2D eigenvalue weighted by atomic mass is 16.3. The van der Waals surface area contributed by atoms with E-state index in [2.05, 4.69) is 4.98 Å². The number of nitrogens with two attached hydrogens (primary N) is 1. The monoisotopic (exact) mass is 182 g/mol. The molecule has 0 saturated heterocycles. The molecule has 0 aliphatic heterocycles. The van der Waals surface area contributed by atoms with Crippen molar-refractivity contribution in [1.82, 2.24) is 4.98 Å². The first kappa shape index (κ1) is 9.95. The highest BCUT2D eigenvalue weighted by molar-refractivity contribution is 5.44. The van der Waals surface area contributed by atoms with Crippen LogP contribution in [0.2, 0.25) is 0 Å². The first-order chi connectivity index (χ1) is 6.29. The predicted molar refractivity (Wildman–Crippen MR) is 50.2 cm³/mol. The zero-order valence-electron chi connectivity index (χ0n) is 7.40. The molecule has 4 heteroatoms. The van der Waals surface area contributed by atoms with Crippen LogP contribution in [0.5, 0.6) is 0 Å². The van der Waals surface area contributed by atoms with Gasteiger partial charge >= 0.3 is 0 Å². The maximum Gasteiger partial charge on any atom is 0.126 e. The fourth-order valence-electron chi connectivity index (χ4n) is 1.31. The Kier molecular flexibility index (Phi) is 3.67. The Morgan fingerprint density at radius 3 is 2.54 bits per heavy atom. The second-order valence-electron chi connectivity index (χ2n) is 2.78. The van der Waals surface area contributed by atoms with Gasteiger partial charge in [0.15, 0.2) is 0 Å². The number of aromatic nitrogens is 1. The lowest BCUT2D eigenvalue weighted by Crippen LogP contribution is -2.06. The molecule has 1 aromatic rings. The van der Waals surface area contributed by atoms with E-state index in [1.165, 1.54) is 0 Å². The Balaban J connectivity index is 2.95. The number of nitrogen functional groups attached to an aromatic ring is 1. The van der Waals surface area contributed by atoms with E-state index in [9.17, 15) is 0 Å². The minimum Gasteiger partial charge on any atom is -0.396 e. The number of aliphatic hydroxyl groups is 2. The number of rotatable bonds is 4. The Bertz CT molecular complexity index is 276. The minimum absolute atomic E-state index is 0.0499. The predicted octanol–water partition coefficient (Wildman–Crippen LogP) is -0.267. The maximum atomic E-state index is 8.79. The molecule has 0 fully saturated rings. The lowest BCUT2D eigenvalue weighted by atomic mass is 10.0. The van der Waals surface area contributed by atoms with E-state index in [1.54, 1.807) is 6.20 Å². The van der Waals surface area contributed by atoms with Gasteiger partial charge in [0.1, 0.15) is 5.82 Å². The van der Waals surface area contributed by atoms with Gasteiger partial charge in [0.2, 0.25) is 0 Å². The van der Waals surface area contributed by atoms with Crippen molar-refractivity contribution in [2.45, 2.75) is 12.8 Å². The summed E-state index contributed by atoms with van der Waals surface area (Å²) in [5.41, 5.74) is 7.44. The van der Waals surface area contributed by atoms with Crippen LogP contribution in [0.1, 0.15) is 11.1 Å². The molecule has 1 aromatic heterocycles. The first-order valence-electron chi connectivity index (χ1n) is 4.23. The van der Waals surface area contributed by atoms with Crippen molar-refractivity contribution in [3.63, 3.8) is 0 Å². The van der Waals surface area contributed by atoms with Gasteiger partial charge in [-0.15, -0.1) is 0 Å². The van der Waals surface area contributed by atoms with Crippen LogP contribution < -0.4 is 5.73 Å². The van der Waals surface area contributed by atoms with Crippen LogP contribution in [0.3, 0.4) is 0 Å². The highest BCUT2D eigenvalue weighted by Crippen LogP contribution is 2.15. The molecule has 1 heterocycles. The average molecular weight is 182 g/mol. The molecule has 4 N–H and O–H groups in total. The molecule has 0 saturated carbocycles. The van der Waals surface area contributed by atoms with Crippen LogP contribution in [0, 0.1) is 0 Å². The van der Waals surface area contributed by atoms with Crippen LogP contribution >= 0.6 is 0 Å². The Labute approximate surface area is 77.0 Å². The van der Waals surface area contributed by atoms with E-state index >= 15 is 0 Å². The molecular formula is C9H14N2O2. The van der Waals surface area contributed by atoms with E-state index in [0.29, 0.717) is 18.7 Å². The van der Waals surface area contributed by atoms with E-state index in [4.69, 9.17) is 15.9 Å². The van der Waals surface area contributed by atoms with E-state index in [1.807, 2.05) is 6.07 Å². The van der Waals surface area contributed by atoms with Crippen molar-refractivity contribution in [3.05, 3.63) is 23.4 Å². The summed E-state index contributed by atoms with van der Waals surface area (Å²) in [5, 5.41) is 17.6. The van der Waals surface area contributed by atoms with Crippen molar-refractivity contribution in [2.75, 3.05) is 18.9 Å². The topological polar surface area (TPSA) is 79.4 Å². The van der Waals surface area contributed by atoms with Crippen molar-refractivity contribution >= 4 is 5.82 Å². The quantitative estimate of drug-likeness (QED) is 0.599.